The Morgan fingerprint density at radius 1 is 0.966 bits per heavy atom. The summed E-state index contributed by atoms with van der Waals surface area (Å²) in [6, 6.07) is 8.56. The summed E-state index contributed by atoms with van der Waals surface area (Å²) >= 11 is 0. The van der Waals surface area contributed by atoms with E-state index in [1.807, 2.05) is 12.1 Å². The number of nitro groups is 1. The van der Waals surface area contributed by atoms with Gasteiger partial charge in [-0.15, -0.1) is 0 Å². The topological polar surface area (TPSA) is 113 Å². The Kier molecular flexibility index (Phi) is 5.72. The van der Waals surface area contributed by atoms with Gasteiger partial charge in [0, 0.05) is 17.7 Å². The van der Waals surface area contributed by atoms with Gasteiger partial charge in [0.2, 0.25) is 5.78 Å². The maximum Gasteiger partial charge on any atom is 0.339 e. The van der Waals surface area contributed by atoms with Gasteiger partial charge in [0.15, 0.2) is 6.10 Å². The second kappa shape index (κ2) is 8.22. The van der Waals surface area contributed by atoms with Crippen LogP contribution in [0, 0.1) is 10.1 Å². The van der Waals surface area contributed by atoms with E-state index in [0.717, 1.165) is 50.1 Å². The number of non-ortho nitro benzene ring substituents is 1. The number of hydrogen-bond acceptors (Lipinski definition) is 7. The molecule has 0 aliphatic heterocycles. The Bertz CT molecular complexity index is 1010. The second-order valence-electron chi connectivity index (χ2n) is 6.77. The van der Waals surface area contributed by atoms with E-state index in [-0.39, 0.29) is 16.9 Å². The van der Waals surface area contributed by atoms with Gasteiger partial charge in [-0.3, -0.25) is 14.9 Å². The summed E-state index contributed by atoms with van der Waals surface area (Å²) in [5, 5.41) is 11.1. The van der Waals surface area contributed by atoms with E-state index in [1.165, 1.54) is 12.5 Å². The monoisotopic (exact) mass is 397 g/mol. The number of hydrogen-bond donors (Lipinski definition) is 0. The Balaban J connectivity index is 1.80. The van der Waals surface area contributed by atoms with Gasteiger partial charge in [-0.05, 0) is 49.4 Å². The van der Waals surface area contributed by atoms with Gasteiger partial charge in [-0.1, -0.05) is 12.1 Å². The van der Waals surface area contributed by atoms with Crippen LogP contribution in [0.25, 0.3) is 0 Å². The summed E-state index contributed by atoms with van der Waals surface area (Å²) in [5.41, 5.74) is 1.95. The summed E-state index contributed by atoms with van der Waals surface area (Å²) in [4.78, 5) is 47.2. The molecule has 0 unspecified atom stereocenters. The third-order valence-corrected chi connectivity index (χ3v) is 4.82. The maximum absolute atomic E-state index is 12.6. The van der Waals surface area contributed by atoms with Crippen LogP contribution >= 0.6 is 0 Å². The van der Waals surface area contributed by atoms with Crippen LogP contribution in [0.1, 0.15) is 55.5 Å². The van der Waals surface area contributed by atoms with Gasteiger partial charge in [0.25, 0.3) is 5.69 Å². The number of nitro benzene ring substituents is 1. The van der Waals surface area contributed by atoms with E-state index < -0.39 is 28.7 Å². The highest BCUT2D eigenvalue weighted by molar-refractivity contribution is 6.02. The lowest BCUT2D eigenvalue weighted by Gasteiger charge is -2.13. The van der Waals surface area contributed by atoms with Crippen LogP contribution < -0.4 is 0 Å². The number of carbonyl (C=O) groups is 3. The number of carbonyl (C=O) groups excluding carboxylic acids is 3. The average molecular weight is 397 g/mol. The first kappa shape index (κ1) is 20.2. The van der Waals surface area contributed by atoms with Crippen molar-refractivity contribution < 1.29 is 28.8 Å². The van der Waals surface area contributed by atoms with Crippen LogP contribution in [-0.2, 0) is 22.3 Å². The summed E-state index contributed by atoms with van der Waals surface area (Å²) in [5.74, 6) is -2.14. The lowest BCUT2D eigenvalue weighted by molar-refractivity contribution is -0.384. The lowest BCUT2D eigenvalue weighted by atomic mass is 10.0. The molecule has 2 aromatic rings. The van der Waals surface area contributed by atoms with Gasteiger partial charge >= 0.3 is 11.9 Å². The highest BCUT2D eigenvalue weighted by Crippen LogP contribution is 2.24. The summed E-state index contributed by atoms with van der Waals surface area (Å²) < 4.78 is 9.76. The summed E-state index contributed by atoms with van der Waals surface area (Å²) in [6.45, 7) is 1.44. The van der Waals surface area contributed by atoms with Crippen molar-refractivity contribution in [3.63, 3.8) is 0 Å². The van der Waals surface area contributed by atoms with E-state index in [0.29, 0.717) is 5.56 Å². The van der Waals surface area contributed by atoms with Crippen LogP contribution in [0.3, 0.4) is 0 Å². The van der Waals surface area contributed by atoms with Crippen molar-refractivity contribution in [1.82, 2.24) is 0 Å². The molecule has 0 heterocycles. The molecule has 3 rings (SSSR count). The summed E-state index contributed by atoms with van der Waals surface area (Å²) in [6.07, 6.45) is 1.85. The lowest BCUT2D eigenvalue weighted by Crippen LogP contribution is -2.24. The fraction of sp³-hybridized carbons (Fsp3) is 0.286. The van der Waals surface area contributed by atoms with Crippen molar-refractivity contribution in [2.75, 3.05) is 7.11 Å². The SMILES string of the molecule is COC(=O)c1cc(C(=O)O[C@@H](C)C(=O)c2ccc3c(c2)CCC3)cc([N+](=O)[O-])c1. The van der Waals surface area contributed by atoms with Gasteiger partial charge in [-0.2, -0.15) is 0 Å². The van der Waals surface area contributed by atoms with Crippen molar-refractivity contribution in [3.8, 4) is 0 Å². The molecule has 0 saturated heterocycles. The fourth-order valence-electron chi connectivity index (χ4n) is 3.31. The van der Waals surface area contributed by atoms with Gasteiger partial charge < -0.3 is 9.47 Å². The molecule has 29 heavy (non-hydrogen) atoms. The third-order valence-electron chi connectivity index (χ3n) is 4.82. The predicted octanol–water partition coefficient (Wildman–Crippen LogP) is 3.30. The molecule has 0 radical (unpaired) electrons. The number of esters is 2. The van der Waals surface area contributed by atoms with Crippen molar-refractivity contribution in [2.24, 2.45) is 0 Å². The van der Waals surface area contributed by atoms with Crippen LogP contribution in [0.15, 0.2) is 36.4 Å². The number of rotatable bonds is 6. The van der Waals surface area contributed by atoms with E-state index in [4.69, 9.17) is 4.74 Å². The first-order valence-corrected chi connectivity index (χ1v) is 9.05. The van der Waals surface area contributed by atoms with Crippen molar-refractivity contribution in [1.29, 1.82) is 0 Å². The maximum atomic E-state index is 12.6. The molecule has 0 aromatic heterocycles. The minimum absolute atomic E-state index is 0.161. The molecule has 0 N–H and O–H groups in total. The van der Waals surface area contributed by atoms with Crippen LogP contribution in [0.2, 0.25) is 0 Å². The Morgan fingerprint density at radius 2 is 1.62 bits per heavy atom. The van der Waals surface area contributed by atoms with Crippen molar-refractivity contribution in [3.05, 3.63) is 74.3 Å². The quantitative estimate of drug-likeness (QED) is 0.318. The number of nitrogens with zero attached hydrogens (tertiary/aromatic N) is 1. The van der Waals surface area contributed by atoms with Crippen LogP contribution in [0.5, 0.6) is 0 Å². The van der Waals surface area contributed by atoms with E-state index in [9.17, 15) is 24.5 Å². The zero-order chi connectivity index (χ0) is 21.1. The minimum atomic E-state index is -1.09. The number of ketones is 1. The summed E-state index contributed by atoms with van der Waals surface area (Å²) in [7, 11) is 1.12. The van der Waals surface area contributed by atoms with Crippen molar-refractivity contribution >= 4 is 23.4 Å². The molecule has 1 aliphatic carbocycles. The van der Waals surface area contributed by atoms with Gasteiger partial charge in [0.05, 0.1) is 23.2 Å². The predicted molar refractivity (Wildman–Crippen MR) is 102 cm³/mol. The number of methoxy groups -OCH3 is 1. The number of Topliss-reactive ketones (excluding diaryl/α,β-unsaturated/α-hetero) is 1. The second-order valence-corrected chi connectivity index (χ2v) is 6.77. The molecule has 0 saturated carbocycles. The van der Waals surface area contributed by atoms with E-state index in [1.54, 1.807) is 6.07 Å². The number of benzene rings is 2. The molecular weight excluding hydrogens is 378 g/mol. The molecule has 0 spiro atoms. The minimum Gasteiger partial charge on any atom is -0.465 e. The van der Waals surface area contributed by atoms with E-state index in [2.05, 4.69) is 4.74 Å². The van der Waals surface area contributed by atoms with Gasteiger partial charge in [0.1, 0.15) is 0 Å². The molecular formula is C21H19NO7. The smallest absolute Gasteiger partial charge is 0.339 e. The number of ether oxygens (including phenoxy) is 2. The molecule has 1 aliphatic rings. The Morgan fingerprint density at radius 3 is 2.28 bits per heavy atom. The first-order valence-electron chi connectivity index (χ1n) is 9.05. The zero-order valence-corrected chi connectivity index (χ0v) is 16.0. The normalized spacial score (nSPS) is 13.3. The first-order chi connectivity index (χ1) is 13.8. The molecule has 1 atom stereocenters. The number of fused-ring (bicyclic) bond motifs is 1. The van der Waals surface area contributed by atoms with Crippen molar-refractivity contribution in [2.45, 2.75) is 32.3 Å². The molecule has 8 nitrogen and oxygen atoms in total. The highest BCUT2D eigenvalue weighted by atomic mass is 16.6. The average Bonchev–Trinajstić information content (AvgIpc) is 3.19. The van der Waals surface area contributed by atoms with Gasteiger partial charge in [-0.25, -0.2) is 9.59 Å². The standard InChI is InChI=1S/C21H19NO7/c1-12(19(23)15-7-6-13-4-3-5-14(13)8-15)29-21(25)17-9-16(20(24)28-2)10-18(11-17)22(26)27/h6-12H,3-5H2,1-2H3/t12-/m0/s1. The van der Waals surface area contributed by atoms with Crippen LogP contribution in [0.4, 0.5) is 5.69 Å². The molecule has 0 fully saturated rings. The number of aryl methyl sites for hydroxylation is 2. The Hall–Kier alpha value is -3.55. The third kappa shape index (κ3) is 4.31. The molecule has 150 valence electrons. The largest absolute Gasteiger partial charge is 0.465 e. The molecule has 0 bridgehead atoms. The molecule has 2 aromatic carbocycles. The van der Waals surface area contributed by atoms with Crippen LogP contribution in [-0.4, -0.2) is 35.9 Å². The zero-order valence-electron chi connectivity index (χ0n) is 16.0. The fourth-order valence-corrected chi connectivity index (χ4v) is 3.31. The molecule has 0 amide bonds. The van der Waals surface area contributed by atoms with E-state index >= 15 is 0 Å². The molecule has 8 heteroatoms. The Labute approximate surface area is 166 Å². The highest BCUT2D eigenvalue weighted by Gasteiger charge is 2.24.